The highest BCUT2D eigenvalue weighted by atomic mass is 16.4. The van der Waals surface area contributed by atoms with Gasteiger partial charge >= 0.3 is 5.97 Å². The van der Waals surface area contributed by atoms with Gasteiger partial charge < -0.3 is 5.11 Å². The summed E-state index contributed by atoms with van der Waals surface area (Å²) in [6, 6.07) is 7.94. The predicted octanol–water partition coefficient (Wildman–Crippen LogP) is 3.60. The minimum Gasteiger partial charge on any atom is -0.480 e. The SMILES string of the molecule is CC(C)CN1CCN(C(C(=O)O)c2ccc(C(C)C)cc2)CC1C. The van der Waals surface area contributed by atoms with E-state index in [9.17, 15) is 9.90 Å². The van der Waals surface area contributed by atoms with Crippen molar-refractivity contribution in [1.82, 2.24) is 9.80 Å². The van der Waals surface area contributed by atoms with E-state index >= 15 is 0 Å². The van der Waals surface area contributed by atoms with Crippen molar-refractivity contribution in [3.05, 3.63) is 35.4 Å². The fourth-order valence-electron chi connectivity index (χ4n) is 3.57. The van der Waals surface area contributed by atoms with E-state index in [1.807, 2.05) is 12.1 Å². The van der Waals surface area contributed by atoms with Crippen LogP contribution in [0.1, 0.15) is 57.7 Å². The quantitative estimate of drug-likeness (QED) is 0.864. The van der Waals surface area contributed by atoms with Crippen LogP contribution in [0.3, 0.4) is 0 Å². The molecule has 0 spiro atoms. The Morgan fingerprint density at radius 3 is 2.17 bits per heavy atom. The van der Waals surface area contributed by atoms with E-state index in [0.29, 0.717) is 17.9 Å². The van der Waals surface area contributed by atoms with Gasteiger partial charge in [0.15, 0.2) is 0 Å². The standard InChI is InChI=1S/C20H32N2O2/c1-14(2)12-21-10-11-22(13-16(21)5)19(20(23)24)18-8-6-17(7-9-18)15(3)4/h6-9,14-16,19H,10-13H2,1-5H3,(H,23,24). The molecule has 4 nitrogen and oxygen atoms in total. The maximum atomic E-state index is 11.9. The van der Waals surface area contributed by atoms with Crippen LogP contribution in [0.25, 0.3) is 0 Å². The first-order valence-corrected chi connectivity index (χ1v) is 9.10. The summed E-state index contributed by atoms with van der Waals surface area (Å²) in [5.41, 5.74) is 2.13. The van der Waals surface area contributed by atoms with Crippen LogP contribution in [0, 0.1) is 5.92 Å². The fraction of sp³-hybridized carbons (Fsp3) is 0.650. The molecule has 1 fully saturated rings. The Morgan fingerprint density at radius 2 is 1.71 bits per heavy atom. The molecule has 2 rings (SSSR count). The summed E-state index contributed by atoms with van der Waals surface area (Å²) < 4.78 is 0. The highest BCUT2D eigenvalue weighted by molar-refractivity contribution is 5.75. The number of piperazine rings is 1. The van der Waals surface area contributed by atoms with Crippen molar-refractivity contribution in [1.29, 1.82) is 0 Å². The monoisotopic (exact) mass is 332 g/mol. The smallest absolute Gasteiger partial charge is 0.325 e. The number of aliphatic carboxylic acids is 1. The third kappa shape index (κ3) is 4.58. The van der Waals surface area contributed by atoms with Crippen LogP contribution in [0.5, 0.6) is 0 Å². The first-order valence-electron chi connectivity index (χ1n) is 9.10. The summed E-state index contributed by atoms with van der Waals surface area (Å²) in [5.74, 6) is 0.344. The molecule has 0 amide bonds. The Morgan fingerprint density at radius 1 is 1.12 bits per heavy atom. The molecule has 1 aromatic carbocycles. The Balaban J connectivity index is 2.13. The number of benzene rings is 1. The van der Waals surface area contributed by atoms with Gasteiger partial charge in [-0.15, -0.1) is 0 Å². The fourth-order valence-corrected chi connectivity index (χ4v) is 3.57. The molecule has 134 valence electrons. The highest BCUT2D eigenvalue weighted by Crippen LogP contribution is 2.26. The van der Waals surface area contributed by atoms with Crippen LogP contribution in [0.2, 0.25) is 0 Å². The molecule has 1 aromatic rings. The van der Waals surface area contributed by atoms with Crippen LogP contribution >= 0.6 is 0 Å². The molecule has 4 heteroatoms. The Bertz CT molecular complexity index is 539. The number of hydrogen-bond acceptors (Lipinski definition) is 3. The normalized spacial score (nSPS) is 21.4. The van der Waals surface area contributed by atoms with E-state index in [1.165, 1.54) is 5.56 Å². The molecule has 1 N–H and O–H groups in total. The number of rotatable bonds is 6. The van der Waals surface area contributed by atoms with Gasteiger partial charge in [-0.2, -0.15) is 0 Å². The van der Waals surface area contributed by atoms with Crippen LogP contribution < -0.4 is 0 Å². The number of hydrogen-bond donors (Lipinski definition) is 1. The molecule has 0 aromatic heterocycles. The van der Waals surface area contributed by atoms with Gasteiger partial charge in [-0.05, 0) is 29.9 Å². The van der Waals surface area contributed by atoms with Gasteiger partial charge in [-0.1, -0.05) is 52.0 Å². The van der Waals surface area contributed by atoms with Gasteiger partial charge in [0.1, 0.15) is 6.04 Å². The molecule has 1 aliphatic rings. The second kappa shape index (κ2) is 8.13. The lowest BCUT2D eigenvalue weighted by Crippen LogP contribution is -2.54. The molecule has 24 heavy (non-hydrogen) atoms. The number of carboxylic acid groups (broad SMARTS) is 1. The minimum atomic E-state index is -0.753. The second-order valence-electron chi connectivity index (χ2n) is 7.79. The van der Waals surface area contributed by atoms with E-state index in [4.69, 9.17) is 0 Å². The molecule has 0 aliphatic carbocycles. The molecular formula is C20H32N2O2. The van der Waals surface area contributed by atoms with Gasteiger partial charge in [0, 0.05) is 32.2 Å². The molecule has 0 radical (unpaired) electrons. The van der Waals surface area contributed by atoms with Crippen molar-refractivity contribution in [3.63, 3.8) is 0 Å². The summed E-state index contributed by atoms with van der Waals surface area (Å²) in [6.07, 6.45) is 0. The van der Waals surface area contributed by atoms with Gasteiger partial charge in [0.2, 0.25) is 0 Å². The zero-order chi connectivity index (χ0) is 17.9. The van der Waals surface area contributed by atoms with Crippen molar-refractivity contribution in [2.75, 3.05) is 26.2 Å². The highest BCUT2D eigenvalue weighted by Gasteiger charge is 2.33. The molecule has 0 saturated carbocycles. The van der Waals surface area contributed by atoms with Crippen LogP contribution in [0.4, 0.5) is 0 Å². The zero-order valence-electron chi connectivity index (χ0n) is 15.7. The lowest BCUT2D eigenvalue weighted by Gasteiger charge is -2.42. The number of carbonyl (C=O) groups is 1. The van der Waals surface area contributed by atoms with Gasteiger partial charge in [-0.3, -0.25) is 14.6 Å². The first-order chi connectivity index (χ1) is 11.3. The van der Waals surface area contributed by atoms with E-state index in [0.717, 1.165) is 31.7 Å². The minimum absolute atomic E-state index is 0.387. The molecule has 1 heterocycles. The third-order valence-electron chi connectivity index (χ3n) is 4.91. The van der Waals surface area contributed by atoms with Crippen LogP contribution in [-0.2, 0) is 4.79 Å². The Hall–Kier alpha value is -1.39. The van der Waals surface area contributed by atoms with Crippen molar-refractivity contribution in [2.24, 2.45) is 5.92 Å². The largest absolute Gasteiger partial charge is 0.480 e. The molecule has 2 atom stereocenters. The van der Waals surface area contributed by atoms with Gasteiger partial charge in [0.25, 0.3) is 0 Å². The summed E-state index contributed by atoms with van der Waals surface area (Å²) >= 11 is 0. The van der Waals surface area contributed by atoms with Crippen molar-refractivity contribution in [3.8, 4) is 0 Å². The first kappa shape index (κ1) is 18.9. The Labute approximate surface area is 146 Å². The van der Waals surface area contributed by atoms with E-state index in [-0.39, 0.29) is 0 Å². The second-order valence-corrected chi connectivity index (χ2v) is 7.79. The van der Waals surface area contributed by atoms with E-state index in [1.54, 1.807) is 0 Å². The summed E-state index contributed by atoms with van der Waals surface area (Å²) in [6.45, 7) is 14.6. The predicted molar refractivity (Wildman–Crippen MR) is 98.4 cm³/mol. The topological polar surface area (TPSA) is 43.8 Å². The van der Waals surface area contributed by atoms with Crippen molar-refractivity contribution < 1.29 is 9.90 Å². The third-order valence-corrected chi connectivity index (χ3v) is 4.91. The molecule has 0 bridgehead atoms. The van der Waals surface area contributed by atoms with Crippen LogP contribution in [0.15, 0.2) is 24.3 Å². The average Bonchev–Trinajstić information content (AvgIpc) is 2.50. The maximum absolute atomic E-state index is 11.9. The van der Waals surface area contributed by atoms with Crippen LogP contribution in [-0.4, -0.2) is 53.1 Å². The molecule has 1 saturated heterocycles. The average molecular weight is 332 g/mol. The van der Waals surface area contributed by atoms with Crippen molar-refractivity contribution in [2.45, 2.75) is 52.6 Å². The molecule has 1 aliphatic heterocycles. The number of nitrogens with zero attached hydrogens (tertiary/aromatic N) is 2. The maximum Gasteiger partial charge on any atom is 0.325 e. The lowest BCUT2D eigenvalue weighted by atomic mass is 9.97. The summed E-state index contributed by atoms with van der Waals surface area (Å²) in [4.78, 5) is 16.5. The van der Waals surface area contributed by atoms with Gasteiger partial charge in [-0.25, -0.2) is 0 Å². The lowest BCUT2D eigenvalue weighted by molar-refractivity contribution is -0.145. The van der Waals surface area contributed by atoms with Gasteiger partial charge in [0.05, 0.1) is 0 Å². The summed E-state index contributed by atoms with van der Waals surface area (Å²) in [7, 11) is 0. The zero-order valence-corrected chi connectivity index (χ0v) is 15.7. The number of carboxylic acids is 1. The van der Waals surface area contributed by atoms with Crippen molar-refractivity contribution >= 4 is 5.97 Å². The molecular weight excluding hydrogens is 300 g/mol. The van der Waals surface area contributed by atoms with E-state index in [2.05, 4.69) is 56.6 Å². The Kier molecular flexibility index (Phi) is 6.41. The molecule has 2 unspecified atom stereocenters. The van der Waals surface area contributed by atoms with E-state index < -0.39 is 12.0 Å². The summed E-state index contributed by atoms with van der Waals surface area (Å²) in [5, 5.41) is 9.80.